The first-order valence-corrected chi connectivity index (χ1v) is 6.30. The number of nitrogens with zero attached hydrogens (tertiary/aromatic N) is 3. The molecule has 84 valence electrons. The van der Waals surface area contributed by atoms with Crippen molar-refractivity contribution in [3.8, 4) is 0 Å². The zero-order chi connectivity index (χ0) is 10.8. The van der Waals surface area contributed by atoms with E-state index in [-0.39, 0.29) is 0 Å². The van der Waals surface area contributed by atoms with Crippen molar-refractivity contribution in [2.45, 2.75) is 32.2 Å². The Labute approximate surface area is 98.6 Å². The Morgan fingerprint density at radius 1 is 1.60 bits per heavy atom. The van der Waals surface area contributed by atoms with Crippen molar-refractivity contribution in [3.63, 3.8) is 0 Å². The van der Waals surface area contributed by atoms with Gasteiger partial charge in [-0.15, -0.1) is 5.10 Å². The molecule has 0 aromatic carbocycles. The van der Waals surface area contributed by atoms with E-state index in [4.69, 9.17) is 0 Å². The molecule has 1 fully saturated rings. The highest BCUT2D eigenvalue weighted by Crippen LogP contribution is 2.31. The Kier molecular flexibility index (Phi) is 3.41. The van der Waals surface area contributed by atoms with Gasteiger partial charge in [0.2, 0.25) is 0 Å². The summed E-state index contributed by atoms with van der Waals surface area (Å²) in [6.45, 7) is 3.37. The second-order valence-electron chi connectivity index (χ2n) is 4.19. The van der Waals surface area contributed by atoms with E-state index in [1.54, 1.807) is 0 Å². The average molecular weight is 273 g/mol. The highest BCUT2D eigenvalue weighted by Gasteiger charge is 2.26. The predicted octanol–water partition coefficient (Wildman–Crippen LogP) is 2.03. The minimum atomic E-state index is 0.401. The van der Waals surface area contributed by atoms with Gasteiger partial charge in [0.25, 0.3) is 0 Å². The van der Waals surface area contributed by atoms with Gasteiger partial charge >= 0.3 is 0 Å². The third kappa shape index (κ3) is 2.23. The molecule has 1 aliphatic rings. The monoisotopic (exact) mass is 272 g/mol. The molecular formula is C10H17BrN4. The topological polar surface area (TPSA) is 42.7 Å². The molecule has 4 nitrogen and oxygen atoms in total. The van der Waals surface area contributed by atoms with Crippen LogP contribution in [0, 0.1) is 5.92 Å². The van der Waals surface area contributed by atoms with Crippen molar-refractivity contribution in [2.75, 3.05) is 6.54 Å². The van der Waals surface area contributed by atoms with E-state index in [0.29, 0.717) is 6.04 Å². The van der Waals surface area contributed by atoms with Crippen molar-refractivity contribution in [2.24, 2.45) is 13.0 Å². The van der Waals surface area contributed by atoms with Gasteiger partial charge in [-0.25, -0.2) is 4.68 Å². The van der Waals surface area contributed by atoms with Crippen LogP contribution in [0.4, 0.5) is 0 Å². The summed E-state index contributed by atoms with van der Waals surface area (Å²) in [5.41, 5.74) is 1.17. The van der Waals surface area contributed by atoms with E-state index in [0.717, 1.165) is 17.1 Å². The van der Waals surface area contributed by atoms with Crippen molar-refractivity contribution in [1.82, 2.24) is 20.3 Å². The maximum absolute atomic E-state index is 4.03. The minimum Gasteiger partial charge on any atom is -0.309 e. The van der Waals surface area contributed by atoms with Crippen LogP contribution in [-0.2, 0) is 7.05 Å². The van der Waals surface area contributed by atoms with Crippen molar-refractivity contribution >= 4 is 15.9 Å². The number of aryl methyl sites for hydroxylation is 1. The number of rotatable bonds is 2. The van der Waals surface area contributed by atoms with Crippen LogP contribution in [-0.4, -0.2) is 21.5 Å². The van der Waals surface area contributed by atoms with Gasteiger partial charge in [0.05, 0.1) is 11.7 Å². The molecule has 1 aromatic heterocycles. The maximum Gasteiger partial charge on any atom is 0.153 e. The maximum atomic E-state index is 4.03. The Hall–Kier alpha value is -0.420. The molecule has 2 unspecified atom stereocenters. The fourth-order valence-electron chi connectivity index (χ4n) is 2.28. The number of hydrogen-bond acceptors (Lipinski definition) is 3. The van der Waals surface area contributed by atoms with E-state index >= 15 is 0 Å². The molecular weight excluding hydrogens is 256 g/mol. The number of nitrogens with one attached hydrogen (secondary N) is 1. The second kappa shape index (κ2) is 4.61. The molecule has 2 heterocycles. The molecule has 0 amide bonds. The van der Waals surface area contributed by atoms with E-state index in [9.17, 15) is 0 Å². The normalized spacial score (nSPS) is 26.9. The zero-order valence-corrected chi connectivity index (χ0v) is 10.8. The lowest BCUT2D eigenvalue weighted by atomic mass is 9.89. The molecule has 0 spiro atoms. The summed E-state index contributed by atoms with van der Waals surface area (Å²) in [6.07, 6.45) is 3.74. The lowest BCUT2D eigenvalue weighted by Gasteiger charge is -2.29. The molecule has 0 bridgehead atoms. The van der Waals surface area contributed by atoms with E-state index in [1.165, 1.54) is 25.0 Å². The Morgan fingerprint density at radius 3 is 3.00 bits per heavy atom. The highest BCUT2D eigenvalue weighted by atomic mass is 79.9. The molecule has 2 atom stereocenters. The number of hydrogen-bond donors (Lipinski definition) is 1. The summed E-state index contributed by atoms with van der Waals surface area (Å²) in [5.74, 6) is 0.832. The van der Waals surface area contributed by atoms with Gasteiger partial charge in [-0.3, -0.25) is 0 Å². The zero-order valence-electron chi connectivity index (χ0n) is 9.20. The van der Waals surface area contributed by atoms with Crippen molar-refractivity contribution in [1.29, 1.82) is 0 Å². The Bertz CT molecular complexity index is 317. The lowest BCUT2D eigenvalue weighted by molar-refractivity contribution is 0.290. The van der Waals surface area contributed by atoms with Gasteiger partial charge < -0.3 is 5.32 Å². The molecule has 1 aromatic rings. The molecule has 1 N–H and O–H groups in total. The first-order valence-electron chi connectivity index (χ1n) is 5.50. The van der Waals surface area contributed by atoms with Crippen LogP contribution in [0.25, 0.3) is 0 Å². The van der Waals surface area contributed by atoms with Crippen LogP contribution in [0.15, 0.2) is 4.60 Å². The fraction of sp³-hybridized carbons (Fsp3) is 0.800. The molecule has 0 radical (unpaired) electrons. The Balaban J connectivity index is 2.16. The number of halogens is 1. The average Bonchev–Trinajstić information content (AvgIpc) is 2.59. The van der Waals surface area contributed by atoms with Gasteiger partial charge in [-0.05, 0) is 41.2 Å². The van der Waals surface area contributed by atoms with Crippen LogP contribution in [0.5, 0.6) is 0 Å². The van der Waals surface area contributed by atoms with Gasteiger partial charge in [0.15, 0.2) is 4.60 Å². The largest absolute Gasteiger partial charge is 0.309 e. The summed E-state index contributed by atoms with van der Waals surface area (Å²) in [4.78, 5) is 0. The van der Waals surface area contributed by atoms with Crippen LogP contribution < -0.4 is 5.32 Å². The molecule has 1 aliphatic heterocycles. The van der Waals surface area contributed by atoms with E-state index in [1.807, 2.05) is 11.7 Å². The minimum absolute atomic E-state index is 0.401. The summed E-state index contributed by atoms with van der Waals surface area (Å²) in [6, 6.07) is 0.401. The first kappa shape index (κ1) is 11.1. The van der Waals surface area contributed by atoms with Crippen LogP contribution in [0.2, 0.25) is 0 Å². The summed E-state index contributed by atoms with van der Waals surface area (Å²) >= 11 is 3.46. The number of aromatic nitrogens is 3. The molecule has 15 heavy (non-hydrogen) atoms. The fourth-order valence-corrected chi connectivity index (χ4v) is 2.89. The second-order valence-corrected chi connectivity index (χ2v) is 4.95. The number of piperidine rings is 1. The summed E-state index contributed by atoms with van der Waals surface area (Å²) in [5, 5.41) is 11.6. The van der Waals surface area contributed by atoms with Gasteiger partial charge in [0, 0.05) is 7.05 Å². The van der Waals surface area contributed by atoms with Gasteiger partial charge in [-0.1, -0.05) is 18.6 Å². The standard InChI is InChI=1S/C10H17BrN4/c1-3-7-4-5-12-8(6-7)9-10(11)13-14-15(9)2/h7-8,12H,3-6H2,1-2H3. The lowest BCUT2D eigenvalue weighted by Crippen LogP contribution is -2.33. The third-order valence-corrected chi connectivity index (χ3v) is 3.81. The molecule has 0 saturated carbocycles. The Morgan fingerprint density at radius 2 is 2.40 bits per heavy atom. The van der Waals surface area contributed by atoms with Crippen LogP contribution in [0.3, 0.4) is 0 Å². The quantitative estimate of drug-likeness (QED) is 0.896. The van der Waals surface area contributed by atoms with Gasteiger partial charge in [-0.2, -0.15) is 0 Å². The van der Waals surface area contributed by atoms with Crippen molar-refractivity contribution in [3.05, 3.63) is 10.3 Å². The van der Waals surface area contributed by atoms with E-state index < -0.39 is 0 Å². The van der Waals surface area contributed by atoms with Gasteiger partial charge in [0.1, 0.15) is 0 Å². The first-order chi connectivity index (χ1) is 7.22. The molecule has 2 rings (SSSR count). The summed E-state index contributed by atoms with van der Waals surface area (Å²) in [7, 11) is 1.95. The molecule has 0 aliphatic carbocycles. The third-order valence-electron chi connectivity index (χ3n) is 3.25. The smallest absolute Gasteiger partial charge is 0.153 e. The highest BCUT2D eigenvalue weighted by molar-refractivity contribution is 9.10. The van der Waals surface area contributed by atoms with Crippen molar-refractivity contribution < 1.29 is 0 Å². The summed E-state index contributed by atoms with van der Waals surface area (Å²) < 4.78 is 2.74. The van der Waals surface area contributed by atoms with Crippen LogP contribution >= 0.6 is 15.9 Å². The molecule has 1 saturated heterocycles. The SMILES string of the molecule is CCC1CCNC(c2c(Br)nnn2C)C1. The van der Waals surface area contributed by atoms with Crippen LogP contribution in [0.1, 0.15) is 37.9 Å². The molecule has 5 heteroatoms. The predicted molar refractivity (Wildman–Crippen MR) is 62.5 cm³/mol. The van der Waals surface area contributed by atoms with E-state index in [2.05, 4.69) is 38.5 Å².